The Kier molecular flexibility index (Phi) is 5.35. The molecule has 0 amide bonds. The molecule has 25 heavy (non-hydrogen) atoms. The van der Waals surface area contributed by atoms with E-state index in [1.165, 1.54) is 13.2 Å². The molecule has 2 unspecified atom stereocenters. The highest BCUT2D eigenvalue weighted by molar-refractivity contribution is 8.06. The van der Waals surface area contributed by atoms with Crippen molar-refractivity contribution in [2.45, 2.75) is 10.2 Å². The molecule has 0 saturated carbocycles. The average molecular weight is 394 g/mol. The molecule has 2 rings (SSSR count). The van der Waals surface area contributed by atoms with Gasteiger partial charge in [-0.3, -0.25) is 0 Å². The van der Waals surface area contributed by atoms with Crippen LogP contribution in [0.1, 0.15) is 5.56 Å². The Labute approximate surface area is 145 Å². The monoisotopic (exact) mass is 394 g/mol. The first-order valence-electron chi connectivity index (χ1n) is 7.03. The predicted octanol–water partition coefficient (Wildman–Crippen LogP) is 2.20. The van der Waals surface area contributed by atoms with E-state index in [2.05, 4.69) is 6.58 Å². The lowest BCUT2D eigenvalue weighted by atomic mass is 10.0. The first-order valence-corrected chi connectivity index (χ1v) is 9.80. The topological polar surface area (TPSA) is 86.7 Å². The molecule has 1 saturated heterocycles. The van der Waals surface area contributed by atoms with Gasteiger partial charge in [-0.15, -0.1) is 14.4 Å². The van der Waals surface area contributed by atoms with Crippen molar-refractivity contribution in [3.05, 3.63) is 48.6 Å². The molecule has 1 fully saturated rings. The molecule has 1 aliphatic rings. The van der Waals surface area contributed by atoms with E-state index < -0.39 is 43.2 Å². The van der Waals surface area contributed by atoms with Crippen molar-refractivity contribution in [2.75, 3.05) is 13.7 Å². The third kappa shape index (κ3) is 3.21. The number of para-hydroxylation sites is 1. The van der Waals surface area contributed by atoms with E-state index >= 15 is 0 Å². The van der Waals surface area contributed by atoms with Crippen LogP contribution in [0.3, 0.4) is 0 Å². The molecule has 1 aromatic rings. The molecule has 0 aliphatic carbocycles. The Morgan fingerprint density at radius 3 is 2.36 bits per heavy atom. The van der Waals surface area contributed by atoms with Crippen LogP contribution < -0.4 is 4.74 Å². The van der Waals surface area contributed by atoms with Crippen LogP contribution in [0.25, 0.3) is 6.08 Å². The summed E-state index contributed by atoms with van der Waals surface area (Å²) in [7, 11) is -10.4. The van der Waals surface area contributed by atoms with Crippen LogP contribution in [0.2, 0.25) is 0 Å². The van der Waals surface area contributed by atoms with E-state index in [0.29, 0.717) is 11.3 Å². The second-order valence-electron chi connectivity index (χ2n) is 5.29. The Balaban J connectivity index is 2.60. The van der Waals surface area contributed by atoms with Crippen LogP contribution >= 0.6 is 0 Å². The molecule has 1 aliphatic heterocycles. The molecular formula is C15H16F2O6S2. The highest BCUT2D eigenvalue weighted by atomic mass is 32.3. The van der Waals surface area contributed by atoms with Crippen molar-refractivity contribution >= 4 is 26.5 Å². The molecule has 0 bridgehead atoms. The number of rotatable bonds is 6. The fourth-order valence-corrected chi connectivity index (χ4v) is 5.68. The molecule has 10 heteroatoms. The van der Waals surface area contributed by atoms with E-state index in [9.17, 15) is 24.6 Å². The number of ether oxygens (including phenoxy) is 2. The van der Waals surface area contributed by atoms with E-state index in [-0.39, 0.29) is 0 Å². The number of hydrogen-bond donors (Lipinski definition) is 0. The lowest BCUT2D eigenvalue weighted by Crippen LogP contribution is -2.52. The van der Waals surface area contributed by atoms with E-state index in [1.807, 2.05) is 0 Å². The molecule has 0 spiro atoms. The lowest BCUT2D eigenvalue weighted by molar-refractivity contribution is 0.139. The van der Waals surface area contributed by atoms with Gasteiger partial charge in [-0.2, -0.15) is 16.8 Å². The first-order chi connectivity index (χ1) is 11.6. The molecule has 1 heterocycles. The molecule has 2 atom stereocenters. The van der Waals surface area contributed by atoms with Gasteiger partial charge in [-0.1, -0.05) is 36.4 Å². The first kappa shape index (κ1) is 19.5. The van der Waals surface area contributed by atoms with Crippen molar-refractivity contribution in [1.82, 2.24) is 0 Å². The van der Waals surface area contributed by atoms with Gasteiger partial charge in [-0.25, -0.2) is 0 Å². The zero-order valence-electron chi connectivity index (χ0n) is 13.1. The van der Waals surface area contributed by atoms with Gasteiger partial charge in [0.15, 0.2) is 0 Å². The quantitative estimate of drug-likeness (QED) is 0.543. The molecule has 138 valence electrons. The summed E-state index contributed by atoms with van der Waals surface area (Å²) in [5.74, 6) is -1.21. The maximum atomic E-state index is 14.0. The molecular weight excluding hydrogens is 378 g/mol. The van der Waals surface area contributed by atoms with Crippen LogP contribution in [-0.4, -0.2) is 40.7 Å². The number of methoxy groups -OCH3 is 1. The van der Waals surface area contributed by atoms with Crippen molar-refractivity contribution in [3.8, 4) is 5.75 Å². The zero-order chi connectivity index (χ0) is 18.9. The summed E-state index contributed by atoms with van der Waals surface area (Å²) in [6, 6.07) is 6.52. The minimum Gasteiger partial charge on any atom is -0.496 e. The van der Waals surface area contributed by atoms with Crippen LogP contribution in [0, 0.1) is 5.92 Å². The predicted molar refractivity (Wildman–Crippen MR) is 88.2 cm³/mol. The molecule has 0 N–H and O–H groups in total. The maximum absolute atomic E-state index is 14.0. The summed E-state index contributed by atoms with van der Waals surface area (Å²) >= 11 is 0. The Morgan fingerprint density at radius 2 is 1.84 bits per heavy atom. The fourth-order valence-electron chi connectivity index (χ4n) is 2.83. The third-order valence-electron chi connectivity index (χ3n) is 4.00. The summed E-state index contributed by atoms with van der Waals surface area (Å²) in [4.78, 5) is 0. The fraction of sp³-hybridized carbons (Fsp3) is 0.333. The van der Waals surface area contributed by atoms with E-state index in [4.69, 9.17) is 9.47 Å². The lowest BCUT2D eigenvalue weighted by Gasteiger charge is -2.27. The van der Waals surface area contributed by atoms with Crippen LogP contribution in [0.15, 0.2) is 43.0 Å². The summed E-state index contributed by atoms with van der Waals surface area (Å²) in [5.41, 5.74) is 0.442. The average Bonchev–Trinajstić information content (AvgIpc) is 2.92. The summed E-state index contributed by atoms with van der Waals surface area (Å²) in [5, 5.41) is 0. The Morgan fingerprint density at radius 1 is 1.24 bits per heavy atom. The summed E-state index contributed by atoms with van der Waals surface area (Å²) in [6.07, 6.45) is 1.21. The highest BCUT2D eigenvalue weighted by Gasteiger charge is 2.69. The summed E-state index contributed by atoms with van der Waals surface area (Å²) < 4.78 is 81.3. The Hall–Kier alpha value is -1.78. The number of halogens is 2. The van der Waals surface area contributed by atoms with Gasteiger partial charge in [-0.05, 0) is 6.07 Å². The van der Waals surface area contributed by atoms with E-state index in [0.717, 1.165) is 12.2 Å². The van der Waals surface area contributed by atoms with Gasteiger partial charge in [0.2, 0.25) is 0 Å². The van der Waals surface area contributed by atoms with Gasteiger partial charge in [0.25, 0.3) is 4.08 Å². The minimum absolute atomic E-state index is 0.397. The van der Waals surface area contributed by atoms with Crippen molar-refractivity contribution in [2.24, 2.45) is 5.92 Å². The maximum Gasteiger partial charge on any atom is 0.329 e. The van der Waals surface area contributed by atoms with Crippen molar-refractivity contribution in [3.63, 3.8) is 0 Å². The second kappa shape index (κ2) is 6.85. The zero-order valence-corrected chi connectivity index (χ0v) is 14.8. The van der Waals surface area contributed by atoms with Crippen molar-refractivity contribution < 1.29 is 34.1 Å². The van der Waals surface area contributed by atoms with Gasteiger partial charge in [0.1, 0.15) is 11.9 Å². The van der Waals surface area contributed by atoms with Gasteiger partial charge < -0.3 is 9.47 Å². The number of benzene rings is 1. The van der Waals surface area contributed by atoms with Gasteiger partial charge >= 0.3 is 20.4 Å². The molecule has 1 aromatic carbocycles. The summed E-state index contributed by atoms with van der Waals surface area (Å²) in [6.45, 7) is 2.74. The molecule has 6 nitrogen and oxygen atoms in total. The van der Waals surface area contributed by atoms with E-state index in [1.54, 1.807) is 24.3 Å². The van der Waals surface area contributed by atoms with Crippen LogP contribution in [0.5, 0.6) is 5.75 Å². The smallest absolute Gasteiger partial charge is 0.329 e. The van der Waals surface area contributed by atoms with Gasteiger partial charge in [0, 0.05) is 11.5 Å². The van der Waals surface area contributed by atoms with Gasteiger partial charge in [0.05, 0.1) is 13.7 Å². The standard InChI is InChI=1S/C15H16F2O6S2/c1-3-12-10-23-14(15(12,24(16,18)19)25(17,20)21)9-8-11-6-4-5-7-13(11)22-2/h3-9,12,14H,1,10H2,2H3/b9-8+. The third-order valence-corrected chi connectivity index (χ3v) is 7.79. The number of hydrogen-bond acceptors (Lipinski definition) is 6. The Bertz CT molecular complexity index is 860. The highest BCUT2D eigenvalue weighted by Crippen LogP contribution is 2.46. The normalized spacial score (nSPS) is 23.6. The minimum atomic E-state index is -5.89. The second-order valence-corrected chi connectivity index (χ2v) is 8.66. The largest absolute Gasteiger partial charge is 0.496 e. The van der Waals surface area contributed by atoms with Crippen LogP contribution in [0.4, 0.5) is 7.77 Å². The van der Waals surface area contributed by atoms with Crippen LogP contribution in [-0.2, 0) is 25.2 Å². The SMILES string of the molecule is C=CC1COC(/C=C/c2ccccc2OC)C1(S(=O)(=O)F)S(=O)(=O)F. The van der Waals surface area contributed by atoms with Crippen molar-refractivity contribution in [1.29, 1.82) is 0 Å². The molecule has 0 radical (unpaired) electrons. The molecule has 0 aromatic heterocycles.